The van der Waals surface area contributed by atoms with Crippen LogP contribution in [0.1, 0.15) is 84.1 Å². The third-order valence-corrected chi connectivity index (χ3v) is 8.23. The highest BCUT2D eigenvalue weighted by Crippen LogP contribution is 2.46. The van der Waals surface area contributed by atoms with Crippen LogP contribution in [0.25, 0.3) is 5.57 Å². The number of quaternary nitrogens is 1. The van der Waals surface area contributed by atoms with E-state index in [0.29, 0.717) is 18.1 Å². The number of nitrogens with zero attached hydrogens (tertiary/aromatic N) is 1. The molecule has 3 atom stereocenters. The van der Waals surface area contributed by atoms with Gasteiger partial charge in [-0.1, -0.05) is 49.8 Å². The van der Waals surface area contributed by atoms with Crippen LogP contribution in [0.4, 0.5) is 0 Å². The average Bonchev–Trinajstić information content (AvgIpc) is 2.96. The molecule has 0 N–H and O–H groups in total. The maximum absolute atomic E-state index is 13.3. The van der Waals surface area contributed by atoms with Crippen molar-refractivity contribution in [2.24, 2.45) is 5.92 Å². The lowest BCUT2D eigenvalue weighted by Crippen LogP contribution is -2.65. The third kappa shape index (κ3) is 3.98. The Morgan fingerprint density at radius 1 is 1.10 bits per heavy atom. The van der Waals surface area contributed by atoms with Crippen molar-refractivity contribution in [2.75, 3.05) is 6.54 Å². The minimum absolute atomic E-state index is 0.0207. The number of esters is 1. The van der Waals surface area contributed by atoms with Crippen molar-refractivity contribution in [1.82, 2.24) is 0 Å². The van der Waals surface area contributed by atoms with Crippen molar-refractivity contribution in [2.45, 2.75) is 103 Å². The summed E-state index contributed by atoms with van der Waals surface area (Å²) in [7, 11) is 0. The molecule has 2 heterocycles. The van der Waals surface area contributed by atoms with E-state index in [-0.39, 0.29) is 18.0 Å². The van der Waals surface area contributed by atoms with E-state index in [4.69, 9.17) is 4.74 Å². The average molecular weight is 411 g/mol. The number of rotatable bonds is 7. The second-order valence-electron chi connectivity index (χ2n) is 10.1. The van der Waals surface area contributed by atoms with Gasteiger partial charge in [-0.2, -0.15) is 0 Å². The summed E-state index contributed by atoms with van der Waals surface area (Å²) < 4.78 is 7.53. The maximum atomic E-state index is 13.3. The molecule has 0 saturated carbocycles. The summed E-state index contributed by atoms with van der Waals surface area (Å²) in [6.45, 7) is 8.42. The largest absolute Gasteiger partial charge is 0.461 e. The number of allylic oxidation sites excluding steroid dienone is 1. The molecule has 3 nitrogen and oxygen atoms in total. The molecular formula is C27H40NO2+. The second kappa shape index (κ2) is 9.26. The Labute approximate surface area is 183 Å². The predicted octanol–water partition coefficient (Wildman–Crippen LogP) is 6.13. The lowest BCUT2D eigenvalue weighted by Gasteiger charge is -2.52. The first-order valence-corrected chi connectivity index (χ1v) is 12.4. The van der Waals surface area contributed by atoms with Gasteiger partial charge in [0.2, 0.25) is 0 Å². The zero-order valence-electron chi connectivity index (χ0n) is 19.2. The Bertz CT molecular complexity index is 739. The quantitative estimate of drug-likeness (QED) is 0.399. The highest BCUT2D eigenvalue weighted by molar-refractivity contribution is 5.89. The number of piperidine rings is 1. The van der Waals surface area contributed by atoms with Gasteiger partial charge in [-0.25, -0.2) is 0 Å². The summed E-state index contributed by atoms with van der Waals surface area (Å²) >= 11 is 0. The number of fused-ring (bicyclic) bond motifs is 2. The zero-order chi connectivity index (χ0) is 21.1. The van der Waals surface area contributed by atoms with E-state index in [9.17, 15) is 4.79 Å². The summed E-state index contributed by atoms with van der Waals surface area (Å²) in [6.07, 6.45) is 12.7. The van der Waals surface area contributed by atoms with Gasteiger partial charge < -0.3 is 9.22 Å². The molecule has 4 rings (SSSR count). The highest BCUT2D eigenvalue weighted by Gasteiger charge is 2.56. The minimum atomic E-state index is -0.0924. The van der Waals surface area contributed by atoms with Crippen molar-refractivity contribution in [3.63, 3.8) is 0 Å². The molecule has 1 aliphatic carbocycles. The molecule has 0 radical (unpaired) electrons. The molecule has 0 aromatic heterocycles. The van der Waals surface area contributed by atoms with Gasteiger partial charge in [0.15, 0.2) is 0 Å². The maximum Gasteiger partial charge on any atom is 0.313 e. The lowest BCUT2D eigenvalue weighted by atomic mass is 9.83. The van der Waals surface area contributed by atoms with Gasteiger partial charge >= 0.3 is 5.97 Å². The number of benzene rings is 1. The molecular weight excluding hydrogens is 370 g/mol. The van der Waals surface area contributed by atoms with Gasteiger partial charge in [0.1, 0.15) is 6.10 Å². The van der Waals surface area contributed by atoms with E-state index in [1.807, 2.05) is 6.07 Å². The Morgan fingerprint density at radius 2 is 1.80 bits per heavy atom. The first-order chi connectivity index (χ1) is 14.6. The number of hydrogen-bond acceptors (Lipinski definition) is 2. The third-order valence-electron chi connectivity index (χ3n) is 8.23. The van der Waals surface area contributed by atoms with Crippen LogP contribution in [0.3, 0.4) is 0 Å². The number of unbranched alkanes of at least 4 members (excludes halogenated alkanes) is 1. The van der Waals surface area contributed by atoms with Crippen molar-refractivity contribution >= 4 is 11.5 Å². The molecule has 2 saturated heterocycles. The number of ether oxygens (including phenoxy) is 1. The van der Waals surface area contributed by atoms with Gasteiger partial charge in [0.05, 0.1) is 30.6 Å². The van der Waals surface area contributed by atoms with Gasteiger partial charge in [-0.3, -0.25) is 4.79 Å². The van der Waals surface area contributed by atoms with Crippen LogP contribution >= 0.6 is 0 Å². The first kappa shape index (κ1) is 21.6. The molecule has 1 aromatic rings. The molecule has 3 aliphatic rings. The van der Waals surface area contributed by atoms with E-state index >= 15 is 0 Å². The molecule has 3 unspecified atom stereocenters. The smallest absolute Gasteiger partial charge is 0.313 e. The predicted molar refractivity (Wildman–Crippen MR) is 123 cm³/mol. The SMILES string of the molecule is CCCC[N+]1(C(C)C)C2CCC1CC(OC(=O)C1CCCC=C1c1ccccc1)C2. The van der Waals surface area contributed by atoms with Crippen LogP contribution in [-0.2, 0) is 9.53 Å². The fraction of sp³-hybridized carbons (Fsp3) is 0.667. The molecule has 164 valence electrons. The van der Waals surface area contributed by atoms with Crippen LogP contribution in [0.5, 0.6) is 0 Å². The van der Waals surface area contributed by atoms with E-state index in [1.165, 1.54) is 47.8 Å². The van der Waals surface area contributed by atoms with Crippen molar-refractivity contribution in [3.05, 3.63) is 42.0 Å². The second-order valence-corrected chi connectivity index (χ2v) is 10.1. The Balaban J connectivity index is 1.45. The standard InChI is InChI=1S/C27H40NO2/c1-4-5-17-28(20(2)3)22-15-16-23(28)19-24(18-22)30-27(29)26-14-10-9-13-25(26)21-11-7-6-8-12-21/h6-8,11-13,20,22-24,26H,4-5,9-10,14-19H2,1-3H3/q+1. The fourth-order valence-electron chi connectivity index (χ4n) is 6.81. The Kier molecular flexibility index (Phi) is 6.67. The van der Waals surface area contributed by atoms with Crippen LogP contribution in [-0.4, -0.2) is 41.2 Å². The Morgan fingerprint density at radius 3 is 2.43 bits per heavy atom. The number of carbonyl (C=O) groups is 1. The van der Waals surface area contributed by atoms with E-state index < -0.39 is 0 Å². The van der Waals surface area contributed by atoms with Gasteiger partial charge in [-0.05, 0) is 50.7 Å². The molecule has 2 fully saturated rings. The number of hydrogen-bond donors (Lipinski definition) is 0. The van der Waals surface area contributed by atoms with E-state index in [0.717, 1.165) is 32.1 Å². The summed E-state index contributed by atoms with van der Waals surface area (Å²) in [5.41, 5.74) is 2.36. The lowest BCUT2D eigenvalue weighted by molar-refractivity contribution is -0.985. The van der Waals surface area contributed by atoms with Crippen molar-refractivity contribution in [3.8, 4) is 0 Å². The van der Waals surface area contributed by atoms with Crippen LogP contribution in [0, 0.1) is 5.92 Å². The van der Waals surface area contributed by atoms with E-state index in [1.54, 1.807) is 0 Å². The zero-order valence-corrected chi connectivity index (χ0v) is 19.2. The van der Waals surface area contributed by atoms with E-state index in [2.05, 4.69) is 51.1 Å². The summed E-state index contributed by atoms with van der Waals surface area (Å²) in [6, 6.07) is 12.4. The molecule has 3 heteroatoms. The molecule has 2 bridgehead atoms. The van der Waals surface area contributed by atoms with Crippen LogP contribution in [0.2, 0.25) is 0 Å². The molecule has 1 aromatic carbocycles. The molecule has 0 amide bonds. The van der Waals surface area contributed by atoms with Crippen molar-refractivity contribution < 1.29 is 14.0 Å². The summed E-state index contributed by atoms with van der Waals surface area (Å²) in [5, 5.41) is 0. The first-order valence-electron chi connectivity index (χ1n) is 12.4. The van der Waals surface area contributed by atoms with Gasteiger partial charge in [0, 0.05) is 25.7 Å². The molecule has 2 aliphatic heterocycles. The molecule has 30 heavy (non-hydrogen) atoms. The van der Waals surface area contributed by atoms with Crippen LogP contribution < -0.4 is 0 Å². The summed E-state index contributed by atoms with van der Waals surface area (Å²) in [5.74, 6) is -0.0718. The summed E-state index contributed by atoms with van der Waals surface area (Å²) in [4.78, 5) is 13.3. The van der Waals surface area contributed by atoms with Gasteiger partial charge in [-0.15, -0.1) is 0 Å². The van der Waals surface area contributed by atoms with Crippen molar-refractivity contribution in [1.29, 1.82) is 0 Å². The highest BCUT2D eigenvalue weighted by atomic mass is 16.5. The number of carbonyl (C=O) groups excluding carboxylic acids is 1. The normalized spacial score (nSPS) is 33.4. The Hall–Kier alpha value is -1.61. The van der Waals surface area contributed by atoms with Crippen LogP contribution in [0.15, 0.2) is 36.4 Å². The minimum Gasteiger partial charge on any atom is -0.461 e. The van der Waals surface area contributed by atoms with Gasteiger partial charge in [0.25, 0.3) is 0 Å². The monoisotopic (exact) mass is 410 g/mol. The fourth-order valence-corrected chi connectivity index (χ4v) is 6.81. The molecule has 0 spiro atoms. The topological polar surface area (TPSA) is 26.3 Å².